The Bertz CT molecular complexity index is 883. The molecule has 0 aliphatic carbocycles. The molecule has 1 aliphatic rings. The molecule has 2 aromatic carbocycles. The van der Waals surface area contributed by atoms with Gasteiger partial charge in [0, 0.05) is 38.8 Å². The number of carbonyl (C=O) groups is 1. The molecule has 0 spiro atoms. The molecule has 1 saturated heterocycles. The number of nitrogens with zero attached hydrogens (tertiary/aromatic N) is 2. The second kappa shape index (κ2) is 14.7. The van der Waals surface area contributed by atoms with Crippen molar-refractivity contribution in [2.24, 2.45) is 4.99 Å². The van der Waals surface area contributed by atoms with Crippen molar-refractivity contribution in [1.82, 2.24) is 20.9 Å². The number of ether oxygens (including phenoxy) is 1. The van der Waals surface area contributed by atoms with Gasteiger partial charge in [0.05, 0.1) is 7.11 Å². The number of rotatable bonds is 9. The van der Waals surface area contributed by atoms with Gasteiger partial charge in [-0.05, 0) is 55.3 Å². The van der Waals surface area contributed by atoms with Gasteiger partial charge in [0.25, 0.3) is 5.91 Å². The van der Waals surface area contributed by atoms with Gasteiger partial charge >= 0.3 is 0 Å². The number of nitrogens with one attached hydrogen (secondary N) is 3. The molecule has 0 unspecified atom stereocenters. The predicted octanol–water partition coefficient (Wildman–Crippen LogP) is 3.39. The number of guanidine groups is 1. The summed E-state index contributed by atoms with van der Waals surface area (Å²) in [5, 5.41) is 9.45. The number of amides is 1. The van der Waals surface area contributed by atoms with Gasteiger partial charge in [-0.2, -0.15) is 0 Å². The topological polar surface area (TPSA) is 78.0 Å². The Morgan fingerprint density at radius 1 is 0.970 bits per heavy atom. The van der Waals surface area contributed by atoms with Crippen molar-refractivity contribution in [1.29, 1.82) is 0 Å². The van der Waals surface area contributed by atoms with Crippen LogP contribution in [-0.4, -0.2) is 57.1 Å². The largest absolute Gasteiger partial charge is 0.497 e. The second-order valence-electron chi connectivity index (χ2n) is 7.99. The molecule has 7 nitrogen and oxygen atoms in total. The molecule has 2 aromatic rings. The van der Waals surface area contributed by atoms with Gasteiger partial charge in [0.2, 0.25) is 0 Å². The number of benzene rings is 2. The summed E-state index contributed by atoms with van der Waals surface area (Å²) in [5.74, 6) is 1.25. The van der Waals surface area contributed by atoms with Crippen molar-refractivity contribution in [3.63, 3.8) is 0 Å². The van der Waals surface area contributed by atoms with Gasteiger partial charge in [-0.3, -0.25) is 14.7 Å². The Balaban J connectivity index is 0.00000385. The molecule has 8 heteroatoms. The number of hydrogen-bond donors (Lipinski definition) is 3. The van der Waals surface area contributed by atoms with E-state index in [4.69, 9.17) is 4.74 Å². The second-order valence-corrected chi connectivity index (χ2v) is 7.99. The maximum absolute atomic E-state index is 12.2. The first-order chi connectivity index (χ1) is 15.7. The van der Waals surface area contributed by atoms with E-state index in [9.17, 15) is 4.79 Å². The molecule has 0 radical (unpaired) electrons. The zero-order valence-electron chi connectivity index (χ0n) is 19.6. The number of carbonyl (C=O) groups excluding carboxylic acids is 1. The zero-order chi connectivity index (χ0) is 22.6. The van der Waals surface area contributed by atoms with E-state index in [1.165, 1.54) is 43.5 Å². The quantitative estimate of drug-likeness (QED) is 0.188. The Morgan fingerprint density at radius 3 is 2.36 bits per heavy atom. The lowest BCUT2D eigenvalue weighted by atomic mass is 10.1. The number of hydrogen-bond acceptors (Lipinski definition) is 4. The Morgan fingerprint density at radius 2 is 1.67 bits per heavy atom. The molecule has 1 amide bonds. The fourth-order valence-corrected chi connectivity index (χ4v) is 3.77. The molecule has 1 fully saturated rings. The van der Waals surface area contributed by atoms with Crippen LogP contribution in [0.2, 0.25) is 0 Å². The van der Waals surface area contributed by atoms with E-state index in [0.717, 1.165) is 6.54 Å². The monoisotopic (exact) mass is 565 g/mol. The maximum atomic E-state index is 12.2. The lowest BCUT2D eigenvalue weighted by Crippen LogP contribution is -2.41. The normalized spacial score (nSPS) is 14.2. The van der Waals surface area contributed by atoms with Crippen LogP contribution in [0.15, 0.2) is 53.5 Å². The van der Waals surface area contributed by atoms with Gasteiger partial charge in [0.15, 0.2) is 5.96 Å². The standard InChI is InChI=1S/C25H35N5O2.HI/c1-26-25(28-14-13-27-24(31)22-7-6-8-23(17-22)32-2)29-18-20-9-11-21(12-10-20)19-30-15-4-3-5-16-30;/h6-12,17H,3-5,13-16,18-19H2,1-2H3,(H,27,31)(H2,26,28,29);1H. The average Bonchev–Trinajstić information content (AvgIpc) is 2.85. The molecule has 180 valence electrons. The van der Waals surface area contributed by atoms with Gasteiger partial charge in [-0.1, -0.05) is 36.8 Å². The van der Waals surface area contributed by atoms with Crippen molar-refractivity contribution in [3.05, 3.63) is 65.2 Å². The van der Waals surface area contributed by atoms with Gasteiger partial charge in [0.1, 0.15) is 5.75 Å². The minimum atomic E-state index is -0.127. The summed E-state index contributed by atoms with van der Waals surface area (Å²) >= 11 is 0. The number of piperidine rings is 1. The number of halogens is 1. The molecule has 0 saturated carbocycles. The summed E-state index contributed by atoms with van der Waals surface area (Å²) in [6.07, 6.45) is 4.00. The first-order valence-corrected chi connectivity index (χ1v) is 11.3. The van der Waals surface area contributed by atoms with Crippen LogP contribution in [0.3, 0.4) is 0 Å². The fraction of sp³-hybridized carbons (Fsp3) is 0.440. The van der Waals surface area contributed by atoms with E-state index < -0.39 is 0 Å². The summed E-state index contributed by atoms with van der Waals surface area (Å²) in [5.41, 5.74) is 3.15. The Hall–Kier alpha value is -2.33. The predicted molar refractivity (Wildman–Crippen MR) is 145 cm³/mol. The third kappa shape index (κ3) is 9.21. The van der Waals surface area contributed by atoms with Crippen LogP contribution in [0.5, 0.6) is 5.75 Å². The highest BCUT2D eigenvalue weighted by atomic mass is 127. The van der Waals surface area contributed by atoms with Crippen LogP contribution in [0.4, 0.5) is 0 Å². The molecule has 3 N–H and O–H groups in total. The Labute approximate surface area is 214 Å². The fourth-order valence-electron chi connectivity index (χ4n) is 3.77. The van der Waals surface area contributed by atoms with Crippen molar-refractivity contribution in [3.8, 4) is 5.75 Å². The molecule has 3 rings (SSSR count). The molecule has 33 heavy (non-hydrogen) atoms. The first-order valence-electron chi connectivity index (χ1n) is 11.3. The van der Waals surface area contributed by atoms with E-state index in [2.05, 4.69) is 50.1 Å². The third-order valence-corrected chi connectivity index (χ3v) is 5.60. The van der Waals surface area contributed by atoms with Crippen molar-refractivity contribution < 1.29 is 9.53 Å². The van der Waals surface area contributed by atoms with Crippen molar-refractivity contribution in [2.75, 3.05) is 40.3 Å². The lowest BCUT2D eigenvalue weighted by molar-refractivity contribution is 0.0954. The number of likely N-dealkylation sites (tertiary alicyclic amines) is 1. The zero-order valence-corrected chi connectivity index (χ0v) is 21.9. The third-order valence-electron chi connectivity index (χ3n) is 5.60. The molecule has 1 heterocycles. The molecule has 0 aromatic heterocycles. The van der Waals surface area contributed by atoms with Crippen LogP contribution in [0.25, 0.3) is 0 Å². The summed E-state index contributed by atoms with van der Waals surface area (Å²) in [6, 6.07) is 15.9. The molecular weight excluding hydrogens is 529 g/mol. The summed E-state index contributed by atoms with van der Waals surface area (Å²) < 4.78 is 5.16. The smallest absolute Gasteiger partial charge is 0.251 e. The lowest BCUT2D eigenvalue weighted by Gasteiger charge is -2.26. The minimum absolute atomic E-state index is 0. The highest BCUT2D eigenvalue weighted by molar-refractivity contribution is 14.0. The van der Waals surface area contributed by atoms with Crippen LogP contribution < -0.4 is 20.7 Å². The molecule has 1 aliphatic heterocycles. The summed E-state index contributed by atoms with van der Waals surface area (Å²) in [6.45, 7) is 5.22. The van der Waals surface area contributed by atoms with Crippen molar-refractivity contribution in [2.45, 2.75) is 32.4 Å². The minimum Gasteiger partial charge on any atom is -0.497 e. The van der Waals surface area contributed by atoms with Crippen LogP contribution in [0.1, 0.15) is 40.7 Å². The summed E-state index contributed by atoms with van der Waals surface area (Å²) in [4.78, 5) is 19.0. The highest BCUT2D eigenvalue weighted by Gasteiger charge is 2.10. The van der Waals surface area contributed by atoms with Gasteiger partial charge in [-0.25, -0.2) is 0 Å². The van der Waals surface area contributed by atoms with E-state index in [1.807, 2.05) is 6.07 Å². The van der Waals surface area contributed by atoms with E-state index in [0.29, 0.717) is 36.9 Å². The number of methoxy groups -OCH3 is 1. The average molecular weight is 566 g/mol. The van der Waals surface area contributed by atoms with Crippen LogP contribution in [0, 0.1) is 0 Å². The van der Waals surface area contributed by atoms with E-state index >= 15 is 0 Å². The maximum Gasteiger partial charge on any atom is 0.251 e. The number of aliphatic imine (C=N–C) groups is 1. The highest BCUT2D eigenvalue weighted by Crippen LogP contribution is 2.14. The van der Waals surface area contributed by atoms with Gasteiger partial charge in [-0.15, -0.1) is 24.0 Å². The molecular formula is C25H36IN5O2. The molecule has 0 bridgehead atoms. The van der Waals surface area contributed by atoms with Crippen LogP contribution >= 0.6 is 24.0 Å². The SMILES string of the molecule is CN=C(NCCNC(=O)c1cccc(OC)c1)NCc1ccc(CN2CCCCC2)cc1.I. The first kappa shape index (κ1) is 26.9. The van der Waals surface area contributed by atoms with E-state index in [-0.39, 0.29) is 29.9 Å². The van der Waals surface area contributed by atoms with Crippen molar-refractivity contribution >= 4 is 35.8 Å². The Kier molecular flexibility index (Phi) is 12.0. The van der Waals surface area contributed by atoms with Gasteiger partial charge < -0.3 is 20.7 Å². The molecule has 0 atom stereocenters. The van der Waals surface area contributed by atoms with E-state index in [1.54, 1.807) is 32.4 Å². The van der Waals surface area contributed by atoms with Crippen LogP contribution in [-0.2, 0) is 13.1 Å². The summed E-state index contributed by atoms with van der Waals surface area (Å²) in [7, 11) is 3.33.